The van der Waals surface area contributed by atoms with Crippen molar-refractivity contribution < 1.29 is 9.53 Å². The largest absolute Gasteiger partial charge is 0.497 e. The zero-order chi connectivity index (χ0) is 15.4. The number of benzene rings is 1. The van der Waals surface area contributed by atoms with Crippen LogP contribution in [0.1, 0.15) is 17.3 Å². The molecule has 0 radical (unpaired) electrons. The first-order chi connectivity index (χ1) is 10.0. The summed E-state index contributed by atoms with van der Waals surface area (Å²) in [5.74, 6) is 0.323. The number of methoxy groups -OCH3 is 1. The molecule has 110 valence electrons. The Labute approximate surface area is 130 Å². The van der Waals surface area contributed by atoms with Gasteiger partial charge in [-0.3, -0.25) is 9.59 Å². The molecule has 0 aliphatic heterocycles. The standard InChI is InChI=1S/C15H15BrN2O3/c1-3-18-9-10(4-7-14(18)19)17-15(20)12-8-11(21-2)5-6-13(12)16/h4-9H,3H2,1-2H3,(H,17,20). The van der Waals surface area contributed by atoms with Gasteiger partial charge < -0.3 is 14.6 Å². The lowest BCUT2D eigenvalue weighted by atomic mass is 10.2. The first kappa shape index (κ1) is 15.3. The maximum Gasteiger partial charge on any atom is 0.256 e. The van der Waals surface area contributed by atoms with Crippen molar-refractivity contribution in [2.75, 3.05) is 12.4 Å². The van der Waals surface area contributed by atoms with E-state index in [9.17, 15) is 9.59 Å². The summed E-state index contributed by atoms with van der Waals surface area (Å²) in [6.07, 6.45) is 1.62. The number of ether oxygens (including phenoxy) is 1. The molecule has 21 heavy (non-hydrogen) atoms. The van der Waals surface area contributed by atoms with Gasteiger partial charge in [0.1, 0.15) is 5.75 Å². The molecule has 0 saturated carbocycles. The highest BCUT2D eigenvalue weighted by Gasteiger charge is 2.12. The molecule has 0 spiro atoms. The van der Waals surface area contributed by atoms with E-state index in [4.69, 9.17) is 4.74 Å². The summed E-state index contributed by atoms with van der Waals surface area (Å²) in [7, 11) is 1.54. The van der Waals surface area contributed by atoms with E-state index in [1.54, 1.807) is 37.6 Å². The molecule has 0 saturated heterocycles. The van der Waals surface area contributed by atoms with E-state index in [1.807, 2.05) is 6.92 Å². The van der Waals surface area contributed by atoms with Crippen LogP contribution < -0.4 is 15.6 Å². The number of carbonyl (C=O) groups is 1. The Kier molecular flexibility index (Phi) is 4.80. The molecule has 0 atom stereocenters. The number of hydrogen-bond acceptors (Lipinski definition) is 3. The van der Waals surface area contributed by atoms with Crippen molar-refractivity contribution in [1.29, 1.82) is 0 Å². The molecule has 6 heteroatoms. The molecule has 0 fully saturated rings. The number of aryl methyl sites for hydroxylation is 1. The minimum absolute atomic E-state index is 0.0990. The van der Waals surface area contributed by atoms with Crippen molar-refractivity contribution in [3.63, 3.8) is 0 Å². The average Bonchev–Trinajstić information content (AvgIpc) is 2.49. The van der Waals surface area contributed by atoms with Crippen LogP contribution in [0, 0.1) is 0 Å². The summed E-state index contributed by atoms with van der Waals surface area (Å²) in [6, 6.07) is 8.17. The Morgan fingerprint density at radius 1 is 1.33 bits per heavy atom. The topological polar surface area (TPSA) is 60.3 Å². The number of amides is 1. The van der Waals surface area contributed by atoms with Gasteiger partial charge in [-0.15, -0.1) is 0 Å². The summed E-state index contributed by atoms with van der Waals surface area (Å²) in [5.41, 5.74) is 0.929. The second-order valence-electron chi connectivity index (χ2n) is 4.34. The Bertz CT molecular complexity index is 725. The summed E-state index contributed by atoms with van der Waals surface area (Å²) in [4.78, 5) is 23.8. The number of pyridine rings is 1. The molecule has 2 rings (SSSR count). The molecule has 0 unspecified atom stereocenters. The number of nitrogens with one attached hydrogen (secondary N) is 1. The molecule has 0 aliphatic carbocycles. The van der Waals surface area contributed by atoms with Gasteiger partial charge >= 0.3 is 0 Å². The lowest BCUT2D eigenvalue weighted by Gasteiger charge is -2.10. The van der Waals surface area contributed by atoms with Crippen LogP contribution in [0.3, 0.4) is 0 Å². The van der Waals surface area contributed by atoms with Gasteiger partial charge in [-0.2, -0.15) is 0 Å². The van der Waals surface area contributed by atoms with Crippen molar-refractivity contribution in [2.45, 2.75) is 13.5 Å². The van der Waals surface area contributed by atoms with Gasteiger partial charge in [0.05, 0.1) is 18.4 Å². The molecular formula is C15H15BrN2O3. The van der Waals surface area contributed by atoms with Crippen molar-refractivity contribution >= 4 is 27.5 Å². The molecule has 5 nitrogen and oxygen atoms in total. The van der Waals surface area contributed by atoms with Crippen LogP contribution in [0.25, 0.3) is 0 Å². The number of rotatable bonds is 4. The quantitative estimate of drug-likeness (QED) is 0.922. The van der Waals surface area contributed by atoms with E-state index in [0.717, 1.165) is 0 Å². The molecule has 1 amide bonds. The van der Waals surface area contributed by atoms with E-state index >= 15 is 0 Å². The Hall–Kier alpha value is -2.08. The predicted octanol–water partition coefficient (Wildman–Crippen LogP) is 2.89. The van der Waals surface area contributed by atoms with E-state index < -0.39 is 0 Å². The number of halogens is 1. The van der Waals surface area contributed by atoms with E-state index in [2.05, 4.69) is 21.2 Å². The molecular weight excluding hydrogens is 336 g/mol. The maximum atomic E-state index is 12.3. The number of aromatic nitrogens is 1. The van der Waals surface area contributed by atoms with Gasteiger partial charge in [0.2, 0.25) is 0 Å². The van der Waals surface area contributed by atoms with E-state index in [1.165, 1.54) is 10.6 Å². The van der Waals surface area contributed by atoms with Gasteiger partial charge in [0, 0.05) is 23.3 Å². The molecule has 0 aliphatic rings. The molecule has 1 heterocycles. The minimum Gasteiger partial charge on any atom is -0.497 e. The fourth-order valence-electron chi connectivity index (χ4n) is 1.86. The maximum absolute atomic E-state index is 12.3. The van der Waals surface area contributed by atoms with Crippen LogP contribution in [0.15, 0.2) is 45.8 Å². The molecule has 2 aromatic rings. The van der Waals surface area contributed by atoms with Gasteiger partial charge in [-0.25, -0.2) is 0 Å². The van der Waals surface area contributed by atoms with Gasteiger partial charge in [0.15, 0.2) is 0 Å². The van der Waals surface area contributed by atoms with Crippen molar-refractivity contribution in [3.8, 4) is 5.75 Å². The number of hydrogen-bond donors (Lipinski definition) is 1. The first-order valence-electron chi connectivity index (χ1n) is 6.40. The van der Waals surface area contributed by atoms with Crippen LogP contribution >= 0.6 is 15.9 Å². The molecule has 1 N–H and O–H groups in total. The fourth-order valence-corrected chi connectivity index (χ4v) is 2.28. The van der Waals surface area contributed by atoms with Gasteiger partial charge in [0.25, 0.3) is 11.5 Å². The van der Waals surface area contributed by atoms with Crippen LogP contribution in [-0.4, -0.2) is 17.6 Å². The lowest BCUT2D eigenvalue weighted by Crippen LogP contribution is -2.20. The zero-order valence-corrected chi connectivity index (χ0v) is 13.3. The van der Waals surface area contributed by atoms with Crippen LogP contribution in [0.2, 0.25) is 0 Å². The third kappa shape index (κ3) is 3.52. The second-order valence-corrected chi connectivity index (χ2v) is 5.20. The zero-order valence-electron chi connectivity index (χ0n) is 11.7. The Balaban J connectivity index is 2.27. The number of anilines is 1. The van der Waals surface area contributed by atoms with Crippen molar-refractivity contribution in [2.24, 2.45) is 0 Å². The third-order valence-corrected chi connectivity index (χ3v) is 3.69. The highest BCUT2D eigenvalue weighted by atomic mass is 79.9. The summed E-state index contributed by atoms with van der Waals surface area (Å²) in [5, 5.41) is 2.77. The fraction of sp³-hybridized carbons (Fsp3) is 0.200. The van der Waals surface area contributed by atoms with Crippen molar-refractivity contribution in [3.05, 3.63) is 56.9 Å². The predicted molar refractivity (Wildman–Crippen MR) is 85.0 cm³/mol. The molecule has 1 aromatic carbocycles. The second kappa shape index (κ2) is 6.58. The smallest absolute Gasteiger partial charge is 0.256 e. The van der Waals surface area contributed by atoms with Crippen LogP contribution in [-0.2, 0) is 6.54 Å². The normalized spacial score (nSPS) is 10.2. The molecule has 0 bridgehead atoms. The monoisotopic (exact) mass is 350 g/mol. The summed E-state index contributed by atoms with van der Waals surface area (Å²) in [6.45, 7) is 2.41. The lowest BCUT2D eigenvalue weighted by molar-refractivity contribution is 0.102. The highest BCUT2D eigenvalue weighted by Crippen LogP contribution is 2.23. The number of nitrogens with zero attached hydrogens (tertiary/aromatic N) is 1. The summed E-state index contributed by atoms with van der Waals surface area (Å²) < 4.78 is 7.31. The third-order valence-electron chi connectivity index (χ3n) is 3.00. The first-order valence-corrected chi connectivity index (χ1v) is 7.20. The number of carbonyl (C=O) groups excluding carboxylic acids is 1. The van der Waals surface area contributed by atoms with Crippen LogP contribution in [0.4, 0.5) is 5.69 Å². The Morgan fingerprint density at radius 3 is 2.76 bits per heavy atom. The van der Waals surface area contributed by atoms with Gasteiger partial charge in [-0.05, 0) is 47.1 Å². The van der Waals surface area contributed by atoms with Crippen molar-refractivity contribution in [1.82, 2.24) is 4.57 Å². The van der Waals surface area contributed by atoms with E-state index in [0.29, 0.717) is 28.0 Å². The average molecular weight is 351 g/mol. The van der Waals surface area contributed by atoms with Gasteiger partial charge in [-0.1, -0.05) is 0 Å². The van der Waals surface area contributed by atoms with Crippen LogP contribution in [0.5, 0.6) is 5.75 Å². The SMILES string of the molecule is CCn1cc(NC(=O)c2cc(OC)ccc2Br)ccc1=O. The minimum atomic E-state index is -0.276. The molecule has 1 aromatic heterocycles. The summed E-state index contributed by atoms with van der Waals surface area (Å²) >= 11 is 3.34. The highest BCUT2D eigenvalue weighted by molar-refractivity contribution is 9.10. The van der Waals surface area contributed by atoms with E-state index in [-0.39, 0.29) is 11.5 Å². The Morgan fingerprint density at radius 2 is 2.10 bits per heavy atom.